The number of rotatable bonds is 4. The zero-order chi connectivity index (χ0) is 17.6. The van der Waals surface area contributed by atoms with Crippen LogP contribution in [0.25, 0.3) is 0 Å². The van der Waals surface area contributed by atoms with Crippen molar-refractivity contribution in [2.75, 3.05) is 6.16 Å². The van der Waals surface area contributed by atoms with Gasteiger partial charge in [0.2, 0.25) is 11.9 Å². The number of hydrogen-bond acceptors (Lipinski definition) is 9. The van der Waals surface area contributed by atoms with Crippen molar-refractivity contribution in [3.8, 4) is 0 Å². The number of ketones is 1. The first kappa shape index (κ1) is 17.9. The molecule has 0 aromatic carbocycles. The van der Waals surface area contributed by atoms with Crippen molar-refractivity contribution in [3.05, 3.63) is 33.1 Å². The first-order valence-electron chi connectivity index (χ1n) is 6.40. The first-order valence-corrected chi connectivity index (χ1v) is 8.23. The monoisotopic (exact) mass is 351 g/mol. The number of nitrogens with one attached hydrogen (secondary N) is 1. The van der Waals surface area contributed by atoms with E-state index in [1.807, 2.05) is 4.98 Å². The molecule has 12 heteroatoms. The number of aliphatic hydroxyl groups is 2. The van der Waals surface area contributed by atoms with Crippen LogP contribution in [-0.4, -0.2) is 64.2 Å². The van der Waals surface area contributed by atoms with E-state index < -0.39 is 55.2 Å². The quantitative estimate of drug-likeness (QED) is 0.305. The number of carbonyl (C=O) groups is 1. The second-order valence-corrected chi connectivity index (χ2v) is 7.12. The molecule has 1 aromatic heterocycles. The van der Waals surface area contributed by atoms with Gasteiger partial charge >= 0.3 is 13.6 Å². The molecule has 0 bridgehead atoms. The van der Waals surface area contributed by atoms with Crippen LogP contribution in [0, 0.1) is 0 Å². The van der Waals surface area contributed by atoms with Gasteiger partial charge in [-0.25, -0.2) is 4.79 Å². The van der Waals surface area contributed by atoms with Crippen LogP contribution in [0.1, 0.15) is 13.2 Å². The summed E-state index contributed by atoms with van der Waals surface area (Å²) in [5, 5.41) is 20.4. The fourth-order valence-electron chi connectivity index (χ4n) is 2.31. The maximum absolute atomic E-state index is 11.9. The molecule has 1 fully saturated rings. The van der Waals surface area contributed by atoms with Gasteiger partial charge in [-0.2, -0.15) is 14.7 Å². The topological polar surface area (TPSA) is 182 Å². The van der Waals surface area contributed by atoms with Gasteiger partial charge in [0, 0.05) is 12.3 Å². The highest BCUT2D eigenvalue weighted by atomic mass is 31.2. The van der Waals surface area contributed by atoms with Gasteiger partial charge in [-0.1, -0.05) is 0 Å². The summed E-state index contributed by atoms with van der Waals surface area (Å²) in [5.74, 6) is -1.06. The largest absolute Gasteiger partial charge is 0.411 e. The molecule has 2 rings (SSSR count). The van der Waals surface area contributed by atoms with Gasteiger partial charge in [-0.05, 0) is 6.92 Å². The lowest BCUT2D eigenvalue weighted by Crippen LogP contribution is -2.47. The lowest BCUT2D eigenvalue weighted by atomic mass is 9.95. The summed E-state index contributed by atoms with van der Waals surface area (Å²) in [4.78, 5) is 63.4. The minimum Gasteiger partial charge on any atom is -0.387 e. The molecular formula is C11H16N2O9P+. The second-order valence-electron chi connectivity index (χ2n) is 5.41. The molecule has 1 aliphatic rings. The van der Waals surface area contributed by atoms with Crippen LogP contribution in [0.3, 0.4) is 0 Å². The lowest BCUT2D eigenvalue weighted by Gasteiger charge is -2.27. The Morgan fingerprint density at radius 3 is 2.57 bits per heavy atom. The Balaban J connectivity index is 2.35. The molecule has 1 saturated heterocycles. The zero-order valence-electron chi connectivity index (χ0n) is 11.9. The molecule has 2 heterocycles. The van der Waals surface area contributed by atoms with E-state index >= 15 is 0 Å². The van der Waals surface area contributed by atoms with Gasteiger partial charge in [0.05, 0.1) is 0 Å². The van der Waals surface area contributed by atoms with Gasteiger partial charge in [-0.15, -0.1) is 0 Å². The third-order valence-corrected chi connectivity index (χ3v) is 4.19. The van der Waals surface area contributed by atoms with Crippen molar-refractivity contribution in [3.63, 3.8) is 0 Å². The summed E-state index contributed by atoms with van der Waals surface area (Å²) in [6.45, 7) is 1.10. The van der Waals surface area contributed by atoms with Crippen LogP contribution in [0.2, 0.25) is 0 Å². The van der Waals surface area contributed by atoms with Crippen LogP contribution >= 0.6 is 7.94 Å². The predicted octanol–water partition coefficient (Wildman–Crippen LogP) is -3.15. The van der Waals surface area contributed by atoms with E-state index in [0.29, 0.717) is 0 Å². The highest BCUT2D eigenvalue weighted by Crippen LogP contribution is 2.46. The van der Waals surface area contributed by atoms with E-state index in [2.05, 4.69) is 0 Å². The number of carbonyl (C=O) groups excluding carboxylic acids is 1. The van der Waals surface area contributed by atoms with Gasteiger partial charge in [-0.3, -0.25) is 19.1 Å². The third-order valence-electron chi connectivity index (χ3n) is 3.45. The zero-order valence-corrected chi connectivity index (χ0v) is 12.8. The van der Waals surface area contributed by atoms with Crippen molar-refractivity contribution in [1.29, 1.82) is 0 Å². The van der Waals surface area contributed by atoms with Crippen LogP contribution in [0.4, 0.5) is 0 Å². The summed E-state index contributed by atoms with van der Waals surface area (Å²) in [6.07, 6.45) is -5.07. The van der Waals surface area contributed by atoms with E-state index in [9.17, 15) is 24.6 Å². The molecule has 6 N–H and O–H groups in total. The number of aromatic nitrogens is 2. The maximum atomic E-state index is 11.9. The van der Waals surface area contributed by atoms with E-state index in [-0.39, 0.29) is 0 Å². The first-order chi connectivity index (χ1) is 10.4. The molecule has 23 heavy (non-hydrogen) atoms. The van der Waals surface area contributed by atoms with Crippen molar-refractivity contribution in [1.82, 2.24) is 9.55 Å². The Kier molecular flexibility index (Phi) is 4.57. The molecule has 1 aliphatic heterocycles. The van der Waals surface area contributed by atoms with Crippen LogP contribution in [0.15, 0.2) is 21.9 Å². The number of H-pyrrole nitrogens is 1. The van der Waals surface area contributed by atoms with Crippen molar-refractivity contribution in [2.24, 2.45) is 0 Å². The number of aliphatic hydroxyl groups excluding tert-OH is 1. The van der Waals surface area contributed by atoms with Crippen molar-refractivity contribution >= 4 is 13.7 Å². The molecule has 0 radical (unpaired) electrons. The minimum absolute atomic E-state index is 0.688. The fraction of sp³-hybridized carbons (Fsp3) is 0.545. The van der Waals surface area contributed by atoms with Crippen LogP contribution in [0.5, 0.6) is 0 Å². The van der Waals surface area contributed by atoms with Gasteiger partial charge in [0.25, 0.3) is 5.56 Å². The Labute approximate surface area is 129 Å². The highest BCUT2D eigenvalue weighted by molar-refractivity contribution is 7.59. The molecule has 11 nitrogen and oxygen atoms in total. The normalized spacial score (nSPS) is 31.3. The Hall–Kier alpha value is -1.46. The molecule has 4 atom stereocenters. The number of Topliss-reactive ketones (excluding diaryl/α,β-unsaturated/α-hetero) is 1. The Morgan fingerprint density at radius 2 is 2.04 bits per heavy atom. The molecule has 0 amide bonds. The Bertz CT molecular complexity index is 719. The molecule has 4 unspecified atom stereocenters. The predicted molar refractivity (Wildman–Crippen MR) is 75.3 cm³/mol. The van der Waals surface area contributed by atoms with E-state index in [4.69, 9.17) is 19.4 Å². The smallest absolute Gasteiger partial charge is 0.387 e. The Morgan fingerprint density at radius 1 is 1.43 bits per heavy atom. The highest BCUT2D eigenvalue weighted by Gasteiger charge is 2.57. The van der Waals surface area contributed by atoms with Gasteiger partial charge < -0.3 is 14.9 Å². The van der Waals surface area contributed by atoms with Crippen molar-refractivity contribution in [2.45, 2.75) is 31.0 Å². The number of aromatic amines is 1. The molecule has 1 aromatic rings. The number of hydrogen-bond donors (Lipinski definition) is 6. The molecule has 128 valence electrons. The number of nitrogens with zero attached hydrogens (tertiary/aromatic N) is 1. The summed E-state index contributed by atoms with van der Waals surface area (Å²) in [6, 6.07) is 0.980. The summed E-state index contributed by atoms with van der Waals surface area (Å²) < 4.78 is 5.95. The SMILES string of the molecule is CC1(O)C(O)C(C(=O)C[P+](O)(O)O)OC1n1ccc(=O)[nH]c1=O. The average molecular weight is 351 g/mol. The standard InChI is InChI=1S/C11H15N2O9P/c1-11(18)8(16)7(5(14)4-23(19,20)21)22-9(11)13-3-2-6(15)12-10(13)17/h2-3,7-9,16,18-21H,4H2,1H3/p+1. The molecule has 0 spiro atoms. The maximum Gasteiger partial charge on any atom is 0.411 e. The average Bonchev–Trinajstić information content (AvgIpc) is 2.60. The fourth-order valence-corrected chi connectivity index (χ4v) is 2.91. The van der Waals surface area contributed by atoms with Crippen molar-refractivity contribution < 1.29 is 34.4 Å². The van der Waals surface area contributed by atoms with E-state index in [1.165, 1.54) is 0 Å². The van der Waals surface area contributed by atoms with Crippen LogP contribution in [-0.2, 0) is 9.53 Å². The molecular weight excluding hydrogens is 335 g/mol. The van der Waals surface area contributed by atoms with E-state index in [1.54, 1.807) is 0 Å². The lowest BCUT2D eigenvalue weighted by molar-refractivity contribution is -0.133. The minimum atomic E-state index is -4.44. The second kappa shape index (κ2) is 5.87. The molecule has 0 aliphatic carbocycles. The summed E-state index contributed by atoms with van der Waals surface area (Å²) in [7, 11) is -4.44. The van der Waals surface area contributed by atoms with Gasteiger partial charge in [0.1, 0.15) is 11.7 Å². The number of ether oxygens (including phenoxy) is 1. The van der Waals surface area contributed by atoms with Crippen LogP contribution < -0.4 is 11.2 Å². The summed E-state index contributed by atoms with van der Waals surface area (Å²) >= 11 is 0. The molecule has 0 saturated carbocycles. The summed E-state index contributed by atoms with van der Waals surface area (Å²) in [5.41, 5.74) is -3.71. The van der Waals surface area contributed by atoms with E-state index in [0.717, 1.165) is 23.8 Å². The van der Waals surface area contributed by atoms with Gasteiger partial charge in [0.15, 0.2) is 12.3 Å². The third kappa shape index (κ3) is 3.56.